The van der Waals surface area contributed by atoms with Crippen LogP contribution in [0.4, 0.5) is 15.8 Å². The van der Waals surface area contributed by atoms with Crippen molar-refractivity contribution in [1.82, 2.24) is 9.62 Å². The van der Waals surface area contributed by atoms with Gasteiger partial charge >= 0.3 is 10.2 Å². The molecule has 1 saturated heterocycles. The molecule has 1 aromatic carbocycles. The molecule has 0 aliphatic carbocycles. The van der Waals surface area contributed by atoms with Crippen molar-refractivity contribution >= 4 is 37.5 Å². The van der Waals surface area contributed by atoms with Crippen LogP contribution in [0.15, 0.2) is 18.2 Å². The second-order valence-corrected chi connectivity index (χ2v) is 10.8. The highest BCUT2D eigenvalue weighted by molar-refractivity contribution is 7.94. The van der Waals surface area contributed by atoms with Crippen LogP contribution in [-0.2, 0) is 25.0 Å². The lowest BCUT2D eigenvalue weighted by molar-refractivity contribution is -0.126. The summed E-state index contributed by atoms with van der Waals surface area (Å²) in [6.45, 7) is 0.606. The standard InChI is InChI=1S/C16H23FN4O5S2/c1-19-14-4-3-13(17)11-15(14)21(28(19,25)26)10-7-18-16(22)12-5-8-20(9-6-12)27(2,23)24/h3-4,11-12H,5-10H2,1-2H3,(H,18,22). The van der Waals surface area contributed by atoms with Crippen molar-refractivity contribution in [2.24, 2.45) is 5.92 Å². The monoisotopic (exact) mass is 434 g/mol. The predicted molar refractivity (Wildman–Crippen MR) is 103 cm³/mol. The van der Waals surface area contributed by atoms with Crippen LogP contribution < -0.4 is 13.9 Å². The number of nitrogens with one attached hydrogen (secondary N) is 1. The lowest BCUT2D eigenvalue weighted by Crippen LogP contribution is -2.45. The summed E-state index contributed by atoms with van der Waals surface area (Å²) in [4.78, 5) is 12.3. The first-order valence-electron chi connectivity index (χ1n) is 8.81. The summed E-state index contributed by atoms with van der Waals surface area (Å²) in [5, 5.41) is 2.71. The van der Waals surface area contributed by atoms with Crippen molar-refractivity contribution in [2.45, 2.75) is 12.8 Å². The number of hydrogen-bond donors (Lipinski definition) is 1. The SMILES string of the molecule is CN1c2ccc(F)cc2N(CCNC(=O)C2CCN(S(C)(=O)=O)CC2)S1(=O)=O. The maximum Gasteiger partial charge on any atom is 0.326 e. The molecule has 0 saturated carbocycles. The average molecular weight is 435 g/mol. The fourth-order valence-electron chi connectivity index (χ4n) is 3.47. The maximum absolute atomic E-state index is 13.6. The topological polar surface area (TPSA) is 107 Å². The second-order valence-electron chi connectivity index (χ2n) is 6.91. The Kier molecular flexibility index (Phi) is 5.56. The molecule has 1 N–H and O–H groups in total. The van der Waals surface area contributed by atoms with E-state index in [4.69, 9.17) is 0 Å². The lowest BCUT2D eigenvalue weighted by Gasteiger charge is -2.29. The van der Waals surface area contributed by atoms with Crippen molar-refractivity contribution in [1.29, 1.82) is 0 Å². The van der Waals surface area contributed by atoms with E-state index in [1.165, 1.54) is 23.5 Å². The number of piperidine rings is 1. The molecule has 0 unspecified atom stereocenters. The van der Waals surface area contributed by atoms with E-state index in [9.17, 15) is 26.0 Å². The minimum Gasteiger partial charge on any atom is -0.354 e. The highest BCUT2D eigenvalue weighted by Crippen LogP contribution is 2.39. The van der Waals surface area contributed by atoms with Crippen LogP contribution in [0.2, 0.25) is 0 Å². The zero-order valence-electron chi connectivity index (χ0n) is 15.6. The van der Waals surface area contributed by atoms with E-state index in [1.807, 2.05) is 0 Å². The minimum atomic E-state index is -3.81. The Morgan fingerprint density at radius 1 is 1.25 bits per heavy atom. The van der Waals surface area contributed by atoms with Crippen molar-refractivity contribution < 1.29 is 26.0 Å². The van der Waals surface area contributed by atoms with Crippen LogP contribution in [0.5, 0.6) is 0 Å². The molecule has 0 bridgehead atoms. The van der Waals surface area contributed by atoms with Gasteiger partial charge in [0, 0.05) is 38.7 Å². The summed E-state index contributed by atoms with van der Waals surface area (Å²) < 4.78 is 65.1. The summed E-state index contributed by atoms with van der Waals surface area (Å²) in [6.07, 6.45) is 1.97. The van der Waals surface area contributed by atoms with Gasteiger partial charge in [0.15, 0.2) is 0 Å². The van der Waals surface area contributed by atoms with E-state index in [2.05, 4.69) is 5.32 Å². The summed E-state index contributed by atoms with van der Waals surface area (Å²) >= 11 is 0. The van der Waals surface area contributed by atoms with Crippen LogP contribution in [0.25, 0.3) is 0 Å². The van der Waals surface area contributed by atoms with Gasteiger partial charge in [-0.05, 0) is 25.0 Å². The third-order valence-electron chi connectivity index (χ3n) is 5.08. The maximum atomic E-state index is 13.6. The highest BCUT2D eigenvalue weighted by Gasteiger charge is 2.38. The molecule has 1 fully saturated rings. The van der Waals surface area contributed by atoms with Gasteiger partial charge in [-0.25, -0.2) is 21.4 Å². The van der Waals surface area contributed by atoms with Crippen molar-refractivity contribution in [2.75, 3.05) is 48.1 Å². The summed E-state index contributed by atoms with van der Waals surface area (Å²) in [6, 6.07) is 3.74. The second kappa shape index (κ2) is 7.48. The zero-order valence-corrected chi connectivity index (χ0v) is 17.3. The molecule has 0 spiro atoms. The number of anilines is 2. The molecule has 3 rings (SSSR count). The van der Waals surface area contributed by atoms with Crippen molar-refractivity contribution in [3.8, 4) is 0 Å². The van der Waals surface area contributed by atoms with Crippen LogP contribution in [0, 0.1) is 11.7 Å². The van der Waals surface area contributed by atoms with Crippen molar-refractivity contribution in [3.63, 3.8) is 0 Å². The van der Waals surface area contributed by atoms with Gasteiger partial charge in [0.25, 0.3) is 0 Å². The molecule has 2 heterocycles. The molecule has 0 radical (unpaired) electrons. The Balaban J connectivity index is 1.58. The number of carbonyl (C=O) groups excluding carboxylic acids is 1. The summed E-state index contributed by atoms with van der Waals surface area (Å²) in [7, 11) is -5.68. The normalized spacial score (nSPS) is 20.2. The minimum absolute atomic E-state index is 0.0307. The molecule has 9 nitrogen and oxygen atoms in total. The largest absolute Gasteiger partial charge is 0.354 e. The first-order chi connectivity index (χ1) is 13.0. The van der Waals surface area contributed by atoms with Crippen molar-refractivity contribution in [3.05, 3.63) is 24.0 Å². The predicted octanol–water partition coefficient (Wildman–Crippen LogP) is 0.115. The number of amides is 1. The van der Waals surface area contributed by atoms with E-state index in [0.717, 1.165) is 20.9 Å². The smallest absolute Gasteiger partial charge is 0.326 e. The molecule has 1 aromatic rings. The van der Waals surface area contributed by atoms with Gasteiger partial charge in [-0.2, -0.15) is 8.42 Å². The van der Waals surface area contributed by atoms with Crippen LogP contribution in [-0.4, -0.2) is 66.5 Å². The fraction of sp³-hybridized carbons (Fsp3) is 0.562. The van der Waals surface area contributed by atoms with Gasteiger partial charge in [0.2, 0.25) is 15.9 Å². The number of rotatable bonds is 5. The average Bonchev–Trinajstić information content (AvgIpc) is 2.81. The number of benzene rings is 1. The van der Waals surface area contributed by atoms with Crippen LogP contribution in [0.3, 0.4) is 0 Å². The van der Waals surface area contributed by atoms with E-state index < -0.39 is 26.0 Å². The highest BCUT2D eigenvalue weighted by atomic mass is 32.2. The molecular weight excluding hydrogens is 411 g/mol. The molecule has 28 heavy (non-hydrogen) atoms. The first-order valence-corrected chi connectivity index (χ1v) is 12.1. The van der Waals surface area contributed by atoms with Gasteiger partial charge in [-0.1, -0.05) is 0 Å². The first kappa shape index (κ1) is 20.8. The molecule has 2 aliphatic rings. The van der Waals surface area contributed by atoms with Crippen LogP contribution in [0.1, 0.15) is 12.8 Å². The van der Waals surface area contributed by atoms with Gasteiger partial charge in [0.1, 0.15) is 5.82 Å². The Hall–Kier alpha value is -1.92. The van der Waals surface area contributed by atoms with Gasteiger partial charge in [0.05, 0.1) is 24.2 Å². The number of hydrogen-bond acceptors (Lipinski definition) is 5. The number of sulfonamides is 1. The van der Waals surface area contributed by atoms with E-state index >= 15 is 0 Å². The molecular formula is C16H23FN4O5S2. The van der Waals surface area contributed by atoms with E-state index in [-0.39, 0.29) is 43.7 Å². The molecule has 1 amide bonds. The Bertz CT molecular complexity index is 975. The third kappa shape index (κ3) is 3.94. The zero-order chi connectivity index (χ0) is 20.7. The Morgan fingerprint density at radius 2 is 1.89 bits per heavy atom. The van der Waals surface area contributed by atoms with E-state index in [1.54, 1.807) is 0 Å². The Morgan fingerprint density at radius 3 is 2.50 bits per heavy atom. The van der Waals surface area contributed by atoms with Gasteiger partial charge < -0.3 is 5.32 Å². The Labute approximate surface area is 164 Å². The number of nitrogens with zero attached hydrogens (tertiary/aromatic N) is 3. The van der Waals surface area contributed by atoms with E-state index in [0.29, 0.717) is 18.5 Å². The number of halogens is 1. The summed E-state index contributed by atoms with van der Waals surface area (Å²) in [5.74, 6) is -1.10. The van der Waals surface area contributed by atoms with Gasteiger partial charge in [-0.15, -0.1) is 0 Å². The van der Waals surface area contributed by atoms with Gasteiger partial charge in [-0.3, -0.25) is 9.10 Å². The molecule has 2 aliphatic heterocycles. The third-order valence-corrected chi connectivity index (χ3v) is 8.21. The quantitative estimate of drug-likeness (QED) is 0.708. The molecule has 12 heteroatoms. The number of carbonyl (C=O) groups is 1. The summed E-state index contributed by atoms with van der Waals surface area (Å²) in [5.41, 5.74) is 0.610. The molecule has 156 valence electrons. The molecule has 0 aromatic heterocycles. The van der Waals surface area contributed by atoms with Crippen LogP contribution >= 0.6 is 0 Å². The fourth-order valence-corrected chi connectivity index (χ4v) is 5.76. The molecule has 0 atom stereocenters. The lowest BCUT2D eigenvalue weighted by atomic mass is 9.97. The number of fused-ring (bicyclic) bond motifs is 1.